The predicted octanol–water partition coefficient (Wildman–Crippen LogP) is 7.38. The summed E-state index contributed by atoms with van der Waals surface area (Å²) in [6.45, 7) is 0.240. The molecular weight excluding hydrogens is 456 g/mol. The molecule has 0 spiro atoms. The van der Waals surface area contributed by atoms with E-state index < -0.39 is 24.2 Å². The topological polar surface area (TPSA) is 35.5 Å². The zero-order chi connectivity index (χ0) is 22.7. The second-order valence-corrected chi connectivity index (χ2v) is 10.5. The quantitative estimate of drug-likeness (QED) is 0.193. The van der Waals surface area contributed by atoms with Gasteiger partial charge in [-0.1, -0.05) is 0 Å². The molecule has 6 aromatic rings. The summed E-state index contributed by atoms with van der Waals surface area (Å²) in [7, 11) is 0. The van der Waals surface area contributed by atoms with Crippen molar-refractivity contribution >= 4 is 43.1 Å². The van der Waals surface area contributed by atoms with Gasteiger partial charge in [-0.25, -0.2) is 0 Å². The second-order valence-electron chi connectivity index (χ2n) is 8.92. The van der Waals surface area contributed by atoms with Crippen molar-refractivity contribution < 1.29 is 28.6 Å². The minimum absolute atomic E-state index is 0.240. The van der Waals surface area contributed by atoms with E-state index in [9.17, 15) is 3.32 Å². The molecule has 0 radical (unpaired) electrons. The van der Waals surface area contributed by atoms with Crippen molar-refractivity contribution in [2.75, 3.05) is 6.61 Å². The first-order valence-corrected chi connectivity index (χ1v) is 13.3. The molecule has 34 heavy (non-hydrogen) atoms. The van der Waals surface area contributed by atoms with Gasteiger partial charge >= 0.3 is 204 Å². The van der Waals surface area contributed by atoms with E-state index in [1.807, 2.05) is 0 Å². The summed E-state index contributed by atoms with van der Waals surface area (Å²) in [6, 6.07) is 38.1. The van der Waals surface area contributed by atoms with Crippen LogP contribution in [0.5, 0.6) is 0 Å². The zero-order valence-electron chi connectivity index (χ0n) is 18.3. The van der Waals surface area contributed by atoms with Gasteiger partial charge in [-0.05, 0) is 0 Å². The Morgan fingerprint density at radius 1 is 0.559 bits per heavy atom. The standard InChI is InChI=1S/C30H20O2.O.Ti/c31-19-30(32,28-13-5-11-24-15-20-7-1-3-9-22(20)17-26(24)28)29-14-6-12-25-16-21-8-2-4-10-23(21)18-27(25)29;;/h1-18H,19H2;;/q-2;;+2. The summed E-state index contributed by atoms with van der Waals surface area (Å²) < 4.78 is 24.8. The summed E-state index contributed by atoms with van der Waals surface area (Å²) in [5, 5.41) is 9.16. The fourth-order valence-electron chi connectivity index (χ4n) is 5.41. The minimum atomic E-state index is -3.32. The Kier molecular flexibility index (Phi) is 4.55. The van der Waals surface area contributed by atoms with Gasteiger partial charge in [0, 0.05) is 0 Å². The number of benzene rings is 6. The van der Waals surface area contributed by atoms with E-state index in [0.717, 1.165) is 32.7 Å². The van der Waals surface area contributed by atoms with Crippen molar-refractivity contribution in [3.8, 4) is 0 Å². The van der Waals surface area contributed by atoms with Gasteiger partial charge in [-0.15, -0.1) is 0 Å². The van der Waals surface area contributed by atoms with Crippen molar-refractivity contribution in [3.63, 3.8) is 0 Å². The van der Waals surface area contributed by atoms with Crippen LogP contribution in [0.2, 0.25) is 0 Å². The molecule has 1 heterocycles. The molecule has 0 bridgehead atoms. The molecule has 162 valence electrons. The van der Waals surface area contributed by atoms with Gasteiger partial charge in [0.2, 0.25) is 0 Å². The van der Waals surface area contributed by atoms with Crippen LogP contribution in [0.3, 0.4) is 0 Å². The molecule has 1 saturated heterocycles. The molecule has 6 aromatic carbocycles. The first-order chi connectivity index (χ1) is 16.7. The molecule has 0 aromatic heterocycles. The summed E-state index contributed by atoms with van der Waals surface area (Å²) in [6.07, 6.45) is 0. The van der Waals surface area contributed by atoms with E-state index in [0.29, 0.717) is 0 Å². The molecule has 0 saturated carbocycles. The predicted molar refractivity (Wildman–Crippen MR) is 131 cm³/mol. The Bertz CT molecular complexity index is 1650. The number of hydrogen-bond acceptors (Lipinski definition) is 3. The Balaban J connectivity index is 1.57. The molecule has 0 aliphatic carbocycles. The van der Waals surface area contributed by atoms with E-state index >= 15 is 0 Å². The van der Waals surface area contributed by atoms with Gasteiger partial charge in [0.05, 0.1) is 0 Å². The van der Waals surface area contributed by atoms with Gasteiger partial charge in [-0.3, -0.25) is 0 Å². The number of rotatable bonds is 2. The molecule has 1 aliphatic heterocycles. The van der Waals surface area contributed by atoms with Crippen molar-refractivity contribution in [1.82, 2.24) is 0 Å². The van der Waals surface area contributed by atoms with Crippen LogP contribution in [0, 0.1) is 0 Å². The van der Waals surface area contributed by atoms with E-state index in [4.69, 9.17) is 6.64 Å². The first-order valence-electron chi connectivity index (χ1n) is 11.4. The second kappa shape index (κ2) is 7.66. The maximum absolute atomic E-state index is 12.7. The molecule has 1 fully saturated rings. The molecule has 1 aliphatic rings. The van der Waals surface area contributed by atoms with Gasteiger partial charge in [0.1, 0.15) is 0 Å². The monoisotopic (exact) mass is 476 g/mol. The summed E-state index contributed by atoms with van der Waals surface area (Å²) in [4.78, 5) is 0. The van der Waals surface area contributed by atoms with Crippen LogP contribution < -0.4 is 0 Å². The van der Waals surface area contributed by atoms with Crippen LogP contribution in [0.1, 0.15) is 11.1 Å². The fraction of sp³-hybridized carbons (Fsp3) is 0.0667. The molecule has 0 atom stereocenters. The Hall–Kier alpha value is -3.21. The Labute approximate surface area is 203 Å². The molecule has 7 rings (SSSR count). The third kappa shape index (κ3) is 3.02. The molecule has 4 heteroatoms. The average Bonchev–Trinajstić information content (AvgIpc) is 3.27. The van der Waals surface area contributed by atoms with E-state index in [1.54, 1.807) is 0 Å². The van der Waals surface area contributed by atoms with Crippen LogP contribution in [0.25, 0.3) is 43.1 Å². The van der Waals surface area contributed by atoms with Crippen LogP contribution in [0.4, 0.5) is 0 Å². The third-order valence-electron chi connectivity index (χ3n) is 7.01. The molecular formula is C30H20O3Ti. The van der Waals surface area contributed by atoms with E-state index in [2.05, 4.69) is 109 Å². The summed E-state index contributed by atoms with van der Waals surface area (Å²) in [5.41, 5.74) is 1.06. The summed E-state index contributed by atoms with van der Waals surface area (Å²) >= 11 is -3.32. The van der Waals surface area contributed by atoms with Crippen molar-refractivity contribution in [2.24, 2.45) is 0 Å². The molecule has 0 unspecified atom stereocenters. The van der Waals surface area contributed by atoms with Crippen LogP contribution >= 0.6 is 0 Å². The third-order valence-corrected chi connectivity index (χ3v) is 8.41. The molecule has 0 N–H and O–H groups in total. The Morgan fingerprint density at radius 2 is 1.00 bits per heavy atom. The number of fused-ring (bicyclic) bond motifs is 4. The van der Waals surface area contributed by atoms with Gasteiger partial charge in [0.15, 0.2) is 0 Å². The maximum atomic E-state index is 12.7. The van der Waals surface area contributed by atoms with Crippen molar-refractivity contribution in [2.45, 2.75) is 5.60 Å². The van der Waals surface area contributed by atoms with Gasteiger partial charge in [0.25, 0.3) is 0 Å². The fourth-order valence-corrected chi connectivity index (χ4v) is 6.88. The van der Waals surface area contributed by atoms with E-state index in [1.165, 1.54) is 21.5 Å². The van der Waals surface area contributed by atoms with Gasteiger partial charge < -0.3 is 0 Å². The van der Waals surface area contributed by atoms with E-state index in [-0.39, 0.29) is 6.61 Å². The first kappa shape index (κ1) is 20.2. The SMILES string of the molecule is [O]=[Ti]1[O]CC(c2cccc3cc4ccccc4cc23)(c2cccc3cc4ccccc4cc23)[O]1. The number of hydrogen-bond donors (Lipinski definition) is 0. The average molecular weight is 476 g/mol. The van der Waals surface area contributed by atoms with Crippen LogP contribution in [-0.4, -0.2) is 6.61 Å². The Morgan fingerprint density at radius 3 is 1.44 bits per heavy atom. The normalized spacial score (nSPS) is 15.6. The van der Waals surface area contributed by atoms with Crippen LogP contribution in [-0.2, 0) is 34.2 Å². The zero-order valence-corrected chi connectivity index (χ0v) is 19.9. The summed E-state index contributed by atoms with van der Waals surface area (Å²) in [5.74, 6) is 0. The van der Waals surface area contributed by atoms with Crippen molar-refractivity contribution in [1.29, 1.82) is 0 Å². The van der Waals surface area contributed by atoms with Gasteiger partial charge in [-0.2, -0.15) is 0 Å². The van der Waals surface area contributed by atoms with Crippen molar-refractivity contribution in [3.05, 3.63) is 120 Å². The molecule has 3 nitrogen and oxygen atoms in total. The molecule has 0 amide bonds. The van der Waals surface area contributed by atoms with Crippen LogP contribution in [0.15, 0.2) is 109 Å².